The summed E-state index contributed by atoms with van der Waals surface area (Å²) in [5.41, 5.74) is 5.61. The van der Waals surface area contributed by atoms with E-state index in [-0.39, 0.29) is 23.8 Å². The van der Waals surface area contributed by atoms with Crippen molar-refractivity contribution in [2.45, 2.75) is 46.1 Å². The van der Waals surface area contributed by atoms with Crippen LogP contribution in [0.3, 0.4) is 0 Å². The fourth-order valence-electron chi connectivity index (χ4n) is 2.13. The van der Waals surface area contributed by atoms with Gasteiger partial charge in [0.1, 0.15) is 0 Å². The molecule has 0 aromatic carbocycles. The van der Waals surface area contributed by atoms with Gasteiger partial charge in [-0.1, -0.05) is 32.5 Å². The lowest BCUT2D eigenvalue weighted by Crippen LogP contribution is -2.47. The first-order valence-corrected chi connectivity index (χ1v) is 6.44. The normalized spacial score (nSPS) is 20.0. The van der Waals surface area contributed by atoms with Crippen molar-refractivity contribution in [3.05, 3.63) is 0 Å². The second-order valence-electron chi connectivity index (χ2n) is 5.11. The summed E-state index contributed by atoms with van der Waals surface area (Å²) >= 11 is 4.95. The zero-order valence-electron chi connectivity index (χ0n) is 10.3. The van der Waals surface area contributed by atoms with Crippen LogP contribution in [0.25, 0.3) is 0 Å². The smallest absolute Gasteiger partial charge is 0.230 e. The van der Waals surface area contributed by atoms with Crippen molar-refractivity contribution < 1.29 is 4.79 Å². The molecule has 0 aliphatic heterocycles. The molecule has 1 fully saturated rings. The average Bonchev–Trinajstić information content (AvgIpc) is 1.96. The van der Waals surface area contributed by atoms with E-state index in [1.165, 1.54) is 19.3 Å². The molecule has 3 N–H and O–H groups in total. The van der Waals surface area contributed by atoms with E-state index in [4.69, 9.17) is 18.0 Å². The molecule has 0 spiro atoms. The SMILES string of the molecule is CC(C)C(C(=O)NC(C)C1CCC1)C(N)=S. The molecule has 16 heavy (non-hydrogen) atoms. The van der Waals surface area contributed by atoms with E-state index >= 15 is 0 Å². The van der Waals surface area contributed by atoms with Gasteiger partial charge in [-0.25, -0.2) is 0 Å². The van der Waals surface area contributed by atoms with E-state index in [9.17, 15) is 4.79 Å². The Morgan fingerprint density at radius 1 is 1.38 bits per heavy atom. The van der Waals surface area contributed by atoms with Crippen molar-refractivity contribution in [2.24, 2.45) is 23.5 Å². The van der Waals surface area contributed by atoms with E-state index < -0.39 is 0 Å². The van der Waals surface area contributed by atoms with E-state index in [0.29, 0.717) is 10.9 Å². The highest BCUT2D eigenvalue weighted by molar-refractivity contribution is 7.80. The van der Waals surface area contributed by atoms with Crippen LogP contribution in [0.2, 0.25) is 0 Å². The molecule has 0 radical (unpaired) electrons. The van der Waals surface area contributed by atoms with Crippen LogP contribution < -0.4 is 11.1 Å². The van der Waals surface area contributed by atoms with Gasteiger partial charge in [0, 0.05) is 6.04 Å². The van der Waals surface area contributed by atoms with E-state index in [1.807, 2.05) is 13.8 Å². The molecular weight excluding hydrogens is 220 g/mol. The Labute approximate surface area is 103 Å². The fourth-order valence-corrected chi connectivity index (χ4v) is 2.51. The summed E-state index contributed by atoms with van der Waals surface area (Å²) in [7, 11) is 0. The predicted octanol–water partition coefficient (Wildman–Crippen LogP) is 1.85. The largest absolute Gasteiger partial charge is 0.393 e. The van der Waals surface area contributed by atoms with Crippen LogP contribution in [0.5, 0.6) is 0 Å². The first kappa shape index (κ1) is 13.4. The van der Waals surface area contributed by atoms with Crippen LogP contribution in [-0.2, 0) is 4.79 Å². The van der Waals surface area contributed by atoms with E-state index in [2.05, 4.69) is 12.2 Å². The molecule has 1 aliphatic rings. The van der Waals surface area contributed by atoms with Crippen LogP contribution in [0.1, 0.15) is 40.0 Å². The summed E-state index contributed by atoms with van der Waals surface area (Å²) in [4.78, 5) is 12.3. The minimum atomic E-state index is -0.336. The van der Waals surface area contributed by atoms with Gasteiger partial charge in [-0.05, 0) is 31.6 Å². The number of rotatable bonds is 5. The minimum Gasteiger partial charge on any atom is -0.393 e. The molecule has 1 aliphatic carbocycles. The number of carbonyl (C=O) groups excluding carboxylic acids is 1. The number of hydrogen-bond acceptors (Lipinski definition) is 2. The second kappa shape index (κ2) is 5.62. The van der Waals surface area contributed by atoms with Crippen molar-refractivity contribution in [3.63, 3.8) is 0 Å². The van der Waals surface area contributed by atoms with Crippen LogP contribution in [0.4, 0.5) is 0 Å². The summed E-state index contributed by atoms with van der Waals surface area (Å²) < 4.78 is 0. The highest BCUT2D eigenvalue weighted by Crippen LogP contribution is 2.29. The molecule has 2 atom stereocenters. The van der Waals surface area contributed by atoms with Gasteiger partial charge in [0.15, 0.2) is 0 Å². The average molecular weight is 242 g/mol. The standard InChI is InChI=1S/C12H22N2OS/c1-7(2)10(11(13)16)12(15)14-8(3)9-5-4-6-9/h7-10H,4-6H2,1-3H3,(H2,13,16)(H,14,15). The molecule has 1 amide bonds. The minimum absolute atomic E-state index is 0.0121. The molecule has 3 nitrogen and oxygen atoms in total. The van der Waals surface area contributed by atoms with Crippen molar-refractivity contribution >= 4 is 23.1 Å². The van der Waals surface area contributed by atoms with Crippen LogP contribution in [-0.4, -0.2) is 16.9 Å². The van der Waals surface area contributed by atoms with Crippen LogP contribution in [0.15, 0.2) is 0 Å². The van der Waals surface area contributed by atoms with Gasteiger partial charge in [0.25, 0.3) is 0 Å². The van der Waals surface area contributed by atoms with Crippen molar-refractivity contribution in [2.75, 3.05) is 0 Å². The number of hydrogen-bond donors (Lipinski definition) is 2. The zero-order valence-corrected chi connectivity index (χ0v) is 11.1. The fraction of sp³-hybridized carbons (Fsp3) is 0.833. The second-order valence-corrected chi connectivity index (χ2v) is 5.58. The Bertz CT molecular complexity index is 274. The number of nitrogens with one attached hydrogen (secondary N) is 1. The first-order valence-electron chi connectivity index (χ1n) is 6.03. The predicted molar refractivity (Wildman–Crippen MR) is 70.1 cm³/mol. The number of thiocarbonyl (C=S) groups is 1. The molecule has 2 unspecified atom stereocenters. The summed E-state index contributed by atoms with van der Waals surface area (Å²) in [5, 5.41) is 3.04. The maximum absolute atomic E-state index is 12.0. The van der Waals surface area contributed by atoms with Gasteiger partial charge in [0.05, 0.1) is 10.9 Å². The number of amides is 1. The van der Waals surface area contributed by atoms with Gasteiger partial charge in [0.2, 0.25) is 5.91 Å². The van der Waals surface area contributed by atoms with Crippen molar-refractivity contribution in [1.29, 1.82) is 0 Å². The Kier molecular flexibility index (Phi) is 4.71. The quantitative estimate of drug-likeness (QED) is 0.723. The third kappa shape index (κ3) is 3.17. The van der Waals surface area contributed by atoms with Gasteiger partial charge in [-0.15, -0.1) is 0 Å². The Balaban J connectivity index is 2.51. The van der Waals surface area contributed by atoms with E-state index in [1.54, 1.807) is 0 Å². The highest BCUT2D eigenvalue weighted by Gasteiger charge is 2.30. The first-order chi connectivity index (χ1) is 7.43. The molecule has 0 aromatic heterocycles. The lowest BCUT2D eigenvalue weighted by molar-refractivity contribution is -0.125. The van der Waals surface area contributed by atoms with Gasteiger partial charge < -0.3 is 11.1 Å². The third-order valence-corrected chi connectivity index (χ3v) is 3.74. The van der Waals surface area contributed by atoms with Crippen molar-refractivity contribution in [3.8, 4) is 0 Å². The molecule has 0 aromatic rings. The monoisotopic (exact) mass is 242 g/mol. The lowest BCUT2D eigenvalue weighted by Gasteiger charge is -2.33. The summed E-state index contributed by atoms with van der Waals surface area (Å²) in [6, 6.07) is 0.247. The highest BCUT2D eigenvalue weighted by atomic mass is 32.1. The molecule has 0 bridgehead atoms. The Morgan fingerprint density at radius 2 is 1.94 bits per heavy atom. The molecule has 0 saturated heterocycles. The third-order valence-electron chi connectivity index (χ3n) is 3.48. The van der Waals surface area contributed by atoms with Gasteiger partial charge >= 0.3 is 0 Å². The summed E-state index contributed by atoms with van der Waals surface area (Å²) in [6.07, 6.45) is 3.73. The van der Waals surface area contributed by atoms with Gasteiger partial charge in [-0.2, -0.15) is 0 Å². The maximum Gasteiger partial charge on any atom is 0.230 e. The summed E-state index contributed by atoms with van der Waals surface area (Å²) in [6.45, 7) is 6.01. The molecule has 92 valence electrons. The van der Waals surface area contributed by atoms with Gasteiger partial charge in [-0.3, -0.25) is 4.79 Å². The Morgan fingerprint density at radius 3 is 2.25 bits per heavy atom. The van der Waals surface area contributed by atoms with Crippen molar-refractivity contribution in [1.82, 2.24) is 5.32 Å². The topological polar surface area (TPSA) is 55.1 Å². The van der Waals surface area contributed by atoms with E-state index in [0.717, 1.165) is 0 Å². The number of carbonyl (C=O) groups is 1. The molecular formula is C12H22N2OS. The van der Waals surface area contributed by atoms with Crippen LogP contribution in [0, 0.1) is 17.8 Å². The molecule has 1 rings (SSSR count). The van der Waals surface area contributed by atoms with Crippen LogP contribution >= 0.6 is 12.2 Å². The maximum atomic E-state index is 12.0. The molecule has 1 saturated carbocycles. The molecule has 0 heterocycles. The number of nitrogens with two attached hydrogens (primary N) is 1. The zero-order chi connectivity index (χ0) is 12.3. The molecule has 4 heteroatoms. The lowest BCUT2D eigenvalue weighted by atomic mass is 9.80. The summed E-state index contributed by atoms with van der Waals surface area (Å²) in [5.74, 6) is 0.452. The Hall–Kier alpha value is -0.640.